The summed E-state index contributed by atoms with van der Waals surface area (Å²) in [7, 11) is -3.69. The number of carbonyl (C=O) groups excluding carboxylic acids is 3. The van der Waals surface area contributed by atoms with Crippen LogP contribution in [0, 0.1) is 0 Å². The number of carbonyl (C=O) groups is 3. The summed E-state index contributed by atoms with van der Waals surface area (Å²) < 4.78 is 135. The summed E-state index contributed by atoms with van der Waals surface area (Å²) in [5.41, 5.74) is -2.40. The van der Waals surface area contributed by atoms with Crippen LogP contribution in [-0.2, 0) is 52.9 Å². The van der Waals surface area contributed by atoms with E-state index in [4.69, 9.17) is 14.2 Å². The number of halogens is 9. The number of hydrogen-bond acceptors (Lipinski definition) is 12. The van der Waals surface area contributed by atoms with Crippen LogP contribution in [0.15, 0.2) is 36.4 Å². The Morgan fingerprint density at radius 2 is 0.899 bits per heavy atom. The largest absolute Gasteiger partial charge is 0.416 e. The molecule has 3 aromatic carbocycles. The molecule has 0 saturated carbocycles. The molecule has 3 aromatic heterocycles. The van der Waals surface area contributed by atoms with Crippen molar-refractivity contribution in [3.8, 4) is 0 Å². The monoisotopic (exact) mass is 1040 g/mol. The summed E-state index contributed by atoms with van der Waals surface area (Å²) in [5.74, 6) is 0. The second-order valence-corrected chi connectivity index (χ2v) is 36.3. The second kappa shape index (κ2) is 22.7. The van der Waals surface area contributed by atoms with Gasteiger partial charge in [0, 0.05) is 60.7 Å². The van der Waals surface area contributed by atoms with E-state index >= 15 is 0 Å². The van der Waals surface area contributed by atoms with E-state index in [1.165, 1.54) is 14.2 Å². The Kier molecular flexibility index (Phi) is 18.5. The maximum atomic E-state index is 12.9. The lowest BCUT2D eigenvalue weighted by Crippen LogP contribution is -2.22. The number of aromatic nitrogens is 9. The van der Waals surface area contributed by atoms with Crippen LogP contribution in [0.25, 0.3) is 33.1 Å². The summed E-state index contributed by atoms with van der Waals surface area (Å²) in [6, 6.07) is 7.92. The first kappa shape index (κ1) is 56.4. The number of aldehydes is 3. The van der Waals surface area contributed by atoms with Gasteiger partial charge in [-0.2, -0.15) is 54.5 Å². The molecular formula is C42H54F9N9O6Si3. The van der Waals surface area contributed by atoms with E-state index in [2.05, 4.69) is 89.7 Å². The van der Waals surface area contributed by atoms with Crippen LogP contribution in [-0.4, -0.2) is 108 Å². The maximum absolute atomic E-state index is 12.9. The molecule has 0 aliphatic carbocycles. The Labute approximate surface area is 393 Å². The highest BCUT2D eigenvalue weighted by Crippen LogP contribution is 2.35. The Hall–Kier alpha value is -5.23. The van der Waals surface area contributed by atoms with Gasteiger partial charge in [-0.3, -0.25) is 14.4 Å². The van der Waals surface area contributed by atoms with Crippen molar-refractivity contribution in [2.75, 3.05) is 19.8 Å². The number of hydrogen-bond donors (Lipinski definition) is 0. The Balaban J connectivity index is 0.000000225. The fourth-order valence-electron chi connectivity index (χ4n) is 5.91. The first-order chi connectivity index (χ1) is 31.8. The van der Waals surface area contributed by atoms with Gasteiger partial charge in [-0.05, 0) is 54.5 Å². The average Bonchev–Trinajstić information content (AvgIpc) is 3.97. The molecule has 0 fully saturated rings. The molecule has 0 unspecified atom stereocenters. The highest BCUT2D eigenvalue weighted by atomic mass is 28.3. The fraction of sp³-hybridized carbons (Fsp3) is 0.500. The highest BCUT2D eigenvalue weighted by Gasteiger charge is 2.34. The molecule has 0 atom stereocenters. The number of nitrogens with zero attached hydrogens (tertiary/aromatic N) is 9. The molecule has 69 heavy (non-hydrogen) atoms. The molecule has 6 rings (SSSR count). The quantitative estimate of drug-likeness (QED) is 0.0346. The van der Waals surface area contributed by atoms with Crippen molar-refractivity contribution in [3.63, 3.8) is 0 Å². The minimum atomic E-state index is -4.54. The van der Waals surface area contributed by atoms with Crippen LogP contribution in [0.4, 0.5) is 39.5 Å². The second-order valence-electron chi connectivity index (χ2n) is 19.4. The predicted molar refractivity (Wildman–Crippen MR) is 246 cm³/mol. The highest BCUT2D eigenvalue weighted by molar-refractivity contribution is 6.76. The van der Waals surface area contributed by atoms with E-state index < -0.39 is 59.4 Å². The maximum Gasteiger partial charge on any atom is 0.416 e. The van der Waals surface area contributed by atoms with Crippen molar-refractivity contribution in [1.82, 2.24) is 45.0 Å². The number of rotatable bonds is 18. The molecule has 0 amide bonds. The summed E-state index contributed by atoms with van der Waals surface area (Å²) in [6.45, 7) is 21.6. The van der Waals surface area contributed by atoms with Gasteiger partial charge < -0.3 is 14.2 Å². The normalized spacial score (nSPS) is 12.8. The van der Waals surface area contributed by atoms with Gasteiger partial charge in [-0.15, -0.1) is 10.2 Å². The van der Waals surface area contributed by atoms with Crippen molar-refractivity contribution in [2.24, 2.45) is 0 Å². The van der Waals surface area contributed by atoms with Crippen molar-refractivity contribution in [1.29, 1.82) is 0 Å². The number of alkyl halides is 9. The Morgan fingerprint density at radius 3 is 1.36 bits per heavy atom. The molecule has 3 heterocycles. The predicted octanol–water partition coefficient (Wildman–Crippen LogP) is 10.7. The number of ether oxygens (including phenoxy) is 3. The molecular weight excluding hydrogens is 982 g/mol. The van der Waals surface area contributed by atoms with Gasteiger partial charge in [0.25, 0.3) is 0 Å². The zero-order chi connectivity index (χ0) is 51.8. The van der Waals surface area contributed by atoms with Crippen molar-refractivity contribution >= 4 is 76.2 Å². The molecule has 0 spiro atoms. The van der Waals surface area contributed by atoms with E-state index in [1.807, 2.05) is 0 Å². The summed E-state index contributed by atoms with van der Waals surface area (Å²) in [5, 5.41) is 23.1. The van der Waals surface area contributed by atoms with Gasteiger partial charge in [-0.1, -0.05) is 69.3 Å². The summed E-state index contributed by atoms with van der Waals surface area (Å²) in [4.78, 5) is 34.3. The van der Waals surface area contributed by atoms with Crippen molar-refractivity contribution in [3.05, 3.63) is 69.8 Å². The van der Waals surface area contributed by atoms with Gasteiger partial charge in [0.2, 0.25) is 0 Å². The number of fused-ring (bicyclic) bond motifs is 3. The van der Waals surface area contributed by atoms with Gasteiger partial charge in [0.1, 0.15) is 41.0 Å². The van der Waals surface area contributed by atoms with Crippen molar-refractivity contribution in [2.45, 2.75) is 116 Å². The molecule has 0 radical (unpaired) electrons. The lowest BCUT2D eigenvalue weighted by atomic mass is 10.1. The third-order valence-electron chi connectivity index (χ3n) is 9.83. The summed E-state index contributed by atoms with van der Waals surface area (Å²) in [6.07, 6.45) is -12.5. The minimum absolute atomic E-state index is 0.000583. The third-order valence-corrected chi connectivity index (χ3v) is 14.9. The average molecular weight is 1040 g/mol. The molecule has 0 aliphatic heterocycles. The molecule has 378 valence electrons. The smallest absolute Gasteiger partial charge is 0.359 e. The molecule has 0 bridgehead atoms. The number of benzene rings is 3. The van der Waals surface area contributed by atoms with Gasteiger partial charge in [-0.25, -0.2) is 9.36 Å². The Morgan fingerprint density at radius 1 is 0.493 bits per heavy atom. The lowest BCUT2D eigenvalue weighted by Gasteiger charge is -2.15. The van der Waals surface area contributed by atoms with Crippen LogP contribution >= 0.6 is 0 Å². The van der Waals surface area contributed by atoms with Crippen LogP contribution in [0.3, 0.4) is 0 Å². The minimum Gasteiger partial charge on any atom is -0.359 e. The first-order valence-electron chi connectivity index (χ1n) is 21.3. The Bertz CT molecular complexity index is 2660. The zero-order valence-corrected chi connectivity index (χ0v) is 42.4. The van der Waals surface area contributed by atoms with Gasteiger partial charge in [0.15, 0.2) is 25.6 Å². The standard InChI is InChI=1S/3C14H18F3N3O2Si/c1-23(2,3)5-4-22-9-20-12-7-11(14(15,16)17)6-10(8-21)13(12)18-19-20;1-23(2,3)5-4-22-9-20-13-10(8-21)6-11(14(15,16)17)7-12(13)18-19-20;1-23(2,3)5-4-22-9-20-18-12-7-11(14(15,16)17)6-10(8-21)13(12)19-20/h3*6-8H,4-5,9H2,1-3H3. The molecule has 0 saturated heterocycles. The van der Waals surface area contributed by atoms with E-state index in [1.54, 1.807) is 0 Å². The van der Waals surface area contributed by atoms with Crippen LogP contribution < -0.4 is 0 Å². The first-order valence-corrected chi connectivity index (χ1v) is 32.4. The molecule has 15 nitrogen and oxygen atoms in total. The van der Waals surface area contributed by atoms with E-state index in [-0.39, 0.29) is 70.0 Å². The van der Waals surface area contributed by atoms with E-state index in [9.17, 15) is 53.9 Å². The van der Waals surface area contributed by atoms with Gasteiger partial charge >= 0.3 is 18.5 Å². The van der Waals surface area contributed by atoms with Crippen LogP contribution in [0.5, 0.6) is 0 Å². The van der Waals surface area contributed by atoms with Crippen molar-refractivity contribution < 1.29 is 68.1 Å². The van der Waals surface area contributed by atoms with E-state index in [0.29, 0.717) is 38.7 Å². The SMILES string of the molecule is C[Si](C)(C)CCOCn1nc2cc(C(F)(F)F)cc(C=O)c2n1.C[Si](C)(C)CCOCn1nnc2c(C=O)cc(C(F)(F)F)cc21.C[Si](C)(C)CCOCn1nnc2cc(C(F)(F)F)cc(C=O)c21. The fourth-order valence-corrected chi connectivity index (χ4v) is 8.18. The molecule has 0 aliphatic rings. The molecule has 0 N–H and O–H groups in total. The summed E-state index contributed by atoms with van der Waals surface area (Å²) >= 11 is 0. The molecule has 27 heteroatoms. The van der Waals surface area contributed by atoms with E-state index in [0.717, 1.165) is 54.5 Å². The third kappa shape index (κ3) is 17.0. The van der Waals surface area contributed by atoms with Crippen LogP contribution in [0.2, 0.25) is 77.1 Å². The van der Waals surface area contributed by atoms with Gasteiger partial charge in [0.05, 0.1) is 22.2 Å². The van der Waals surface area contributed by atoms with Crippen LogP contribution in [0.1, 0.15) is 47.8 Å². The lowest BCUT2D eigenvalue weighted by molar-refractivity contribution is -0.138. The topological polar surface area (TPSA) is 171 Å². The zero-order valence-electron chi connectivity index (χ0n) is 39.4. The molecule has 6 aromatic rings.